The zero-order valence-corrected chi connectivity index (χ0v) is 22.3. The number of hydrogen-bond donors (Lipinski definition) is 0. The van der Waals surface area contributed by atoms with E-state index in [-0.39, 0.29) is 0 Å². The minimum absolute atomic E-state index is 0.587. The van der Waals surface area contributed by atoms with Gasteiger partial charge in [-0.05, 0) is 23.7 Å². The fourth-order valence-electron chi connectivity index (χ4n) is 2.60. The van der Waals surface area contributed by atoms with Crippen molar-refractivity contribution in [1.82, 2.24) is 0 Å². The number of aliphatic imine (C=N–C) groups is 2. The molecule has 3 heteroatoms. The molecular weight excluding hydrogens is 444 g/mol. The second kappa shape index (κ2) is 13.8. The van der Waals surface area contributed by atoms with E-state index in [4.69, 9.17) is 0 Å². The van der Waals surface area contributed by atoms with E-state index in [1.165, 1.54) is 46.5 Å². The molecule has 0 radical (unpaired) electrons. The van der Waals surface area contributed by atoms with Crippen molar-refractivity contribution in [1.29, 1.82) is 0 Å². The quantitative estimate of drug-likeness (QED) is 0.413. The maximum absolute atomic E-state index is 3.85. The van der Waals surface area contributed by atoms with Gasteiger partial charge in [-0.15, -0.1) is 0 Å². The molecule has 0 N–H and O–H groups in total. The fourth-order valence-corrected chi connectivity index (χ4v) is 2.97. The van der Waals surface area contributed by atoms with Crippen molar-refractivity contribution in [3.8, 4) is 0 Å². The topological polar surface area (TPSA) is 24.7 Å². The van der Waals surface area contributed by atoms with E-state index in [0.29, 0.717) is 23.7 Å². The van der Waals surface area contributed by atoms with Crippen LogP contribution >= 0.6 is 0 Å². The summed E-state index contributed by atoms with van der Waals surface area (Å²) in [4.78, 5) is 7.69. The Balaban J connectivity index is 0.000000237. The van der Waals surface area contributed by atoms with Crippen LogP contribution < -0.4 is 0 Å². The van der Waals surface area contributed by atoms with E-state index in [9.17, 15) is 0 Å². The van der Waals surface area contributed by atoms with Crippen molar-refractivity contribution in [2.45, 2.75) is 79.1 Å². The zero-order chi connectivity index (χ0) is 22.7. The summed E-state index contributed by atoms with van der Waals surface area (Å²) in [6.07, 6.45) is 3.40. The summed E-state index contributed by atoms with van der Waals surface area (Å²) in [5, 5.41) is 0. The van der Waals surface area contributed by atoms with Gasteiger partial charge >= 0.3 is 50.1 Å². The first kappa shape index (κ1) is 26.6. The third kappa shape index (κ3) is 10.0. The molecule has 0 spiro atoms. The first-order chi connectivity index (χ1) is 14.1. The standard InChI is InChI=1S/2C12H17.C3H2N2.Zr/c2*1-9(2)11-6-5-7-12(8-11)10(3)4;1-2-5-3-4-1;/h2*5-7,9-10H,1-4H3;1-2H;/q2*-1;;+2. The van der Waals surface area contributed by atoms with Crippen molar-refractivity contribution in [3.63, 3.8) is 0 Å². The molecule has 3 rings (SSSR count). The van der Waals surface area contributed by atoms with Crippen molar-refractivity contribution in [3.05, 3.63) is 70.8 Å². The van der Waals surface area contributed by atoms with Gasteiger partial charge in [-0.3, -0.25) is 0 Å². The first-order valence-corrected chi connectivity index (χ1v) is 12.0. The van der Waals surface area contributed by atoms with Gasteiger partial charge in [-0.25, -0.2) is 0 Å². The molecule has 2 aromatic rings. The Hall–Kier alpha value is -1.47. The molecule has 30 heavy (non-hydrogen) atoms. The van der Waals surface area contributed by atoms with E-state index >= 15 is 0 Å². The Bertz CT molecular complexity index is 729. The van der Waals surface area contributed by atoms with Gasteiger partial charge in [-0.1, -0.05) is 55.4 Å². The molecule has 0 aliphatic carbocycles. The first-order valence-electron chi connectivity index (χ1n) is 10.8. The summed E-state index contributed by atoms with van der Waals surface area (Å²) in [7, 11) is 0. The Labute approximate surface area is 199 Å². The minimum atomic E-state index is 0.587. The molecule has 0 saturated heterocycles. The summed E-state index contributed by atoms with van der Waals surface area (Å²) in [5.41, 5.74) is 5.28. The molecule has 0 bridgehead atoms. The van der Waals surface area contributed by atoms with E-state index in [1.807, 2.05) is 0 Å². The second-order valence-electron chi connectivity index (χ2n) is 8.62. The van der Waals surface area contributed by atoms with Crippen LogP contribution in [0.1, 0.15) is 101 Å². The van der Waals surface area contributed by atoms with Crippen molar-refractivity contribution in [2.24, 2.45) is 9.98 Å². The molecule has 0 atom stereocenters. The molecule has 2 nitrogen and oxygen atoms in total. The SMILES string of the molecule is CC(C)c1[c-]c(C(C)C)ccc1.CC(C)c1[c-]c(C(C)C)ccc1.[Zr+2]=[C]1N=CC=N1. The summed E-state index contributed by atoms with van der Waals surface area (Å²) in [6, 6.07) is 19.7. The van der Waals surface area contributed by atoms with Crippen molar-refractivity contribution >= 4 is 15.9 Å². The molecule has 0 fully saturated rings. The molecule has 2 aromatic carbocycles. The average Bonchev–Trinajstić information content (AvgIpc) is 3.20. The van der Waals surface area contributed by atoms with Crippen LogP contribution in [-0.2, 0) is 24.2 Å². The predicted molar refractivity (Wildman–Crippen MR) is 129 cm³/mol. The van der Waals surface area contributed by atoms with Gasteiger partial charge in [0, 0.05) is 0 Å². The van der Waals surface area contributed by atoms with Crippen molar-refractivity contribution in [2.75, 3.05) is 0 Å². The fraction of sp³-hybridized carbons (Fsp3) is 0.444. The van der Waals surface area contributed by atoms with E-state index < -0.39 is 0 Å². The Morgan fingerprint density at radius 2 is 0.833 bits per heavy atom. The summed E-state index contributed by atoms with van der Waals surface area (Å²) >= 11 is 1.29. The van der Waals surface area contributed by atoms with Gasteiger partial charge in [-0.2, -0.15) is 70.8 Å². The number of hydrogen-bond acceptors (Lipinski definition) is 2. The van der Waals surface area contributed by atoms with Gasteiger partial charge in [0.15, 0.2) is 0 Å². The molecule has 158 valence electrons. The molecule has 0 unspecified atom stereocenters. The van der Waals surface area contributed by atoms with Crippen LogP contribution in [0.25, 0.3) is 0 Å². The van der Waals surface area contributed by atoms with Gasteiger partial charge in [0.1, 0.15) is 0 Å². The van der Waals surface area contributed by atoms with Crippen molar-refractivity contribution < 1.29 is 24.2 Å². The Morgan fingerprint density at radius 3 is 1.00 bits per heavy atom. The molecule has 0 saturated carbocycles. The average molecular weight is 480 g/mol. The normalized spacial score (nSPS) is 12.4. The van der Waals surface area contributed by atoms with Crippen LogP contribution in [0.15, 0.2) is 46.4 Å². The molecule has 1 aliphatic rings. The number of rotatable bonds is 4. The molecule has 0 aromatic heterocycles. The molecular formula is C27H36N2Zr. The molecule has 0 amide bonds. The second-order valence-corrected chi connectivity index (χ2v) is 9.72. The third-order valence-corrected chi connectivity index (χ3v) is 5.26. The van der Waals surface area contributed by atoms with E-state index in [0.717, 1.165) is 3.45 Å². The number of benzene rings is 2. The monoisotopic (exact) mass is 478 g/mol. The van der Waals surface area contributed by atoms with E-state index in [2.05, 4.69) is 114 Å². The third-order valence-electron chi connectivity index (χ3n) is 4.63. The summed E-state index contributed by atoms with van der Waals surface area (Å²) < 4.78 is 0.933. The van der Waals surface area contributed by atoms with Crippen LogP contribution in [0.5, 0.6) is 0 Å². The van der Waals surface area contributed by atoms with Gasteiger partial charge < -0.3 is 0 Å². The molecule has 1 aliphatic heterocycles. The van der Waals surface area contributed by atoms with Crippen LogP contribution in [0.4, 0.5) is 0 Å². The summed E-state index contributed by atoms with van der Waals surface area (Å²) in [6.45, 7) is 17.6. The Morgan fingerprint density at radius 1 is 0.567 bits per heavy atom. The molecule has 1 heterocycles. The van der Waals surface area contributed by atoms with Gasteiger partial charge in [0.25, 0.3) is 0 Å². The number of nitrogens with zero attached hydrogens (tertiary/aromatic N) is 2. The zero-order valence-electron chi connectivity index (χ0n) is 19.8. The summed E-state index contributed by atoms with van der Waals surface area (Å²) in [5.74, 6) is 2.35. The van der Waals surface area contributed by atoms with Crippen LogP contribution in [-0.4, -0.2) is 15.9 Å². The maximum atomic E-state index is 3.85. The van der Waals surface area contributed by atoms with Gasteiger partial charge in [0.05, 0.1) is 0 Å². The Kier molecular flexibility index (Phi) is 12.2. The van der Waals surface area contributed by atoms with Crippen LogP contribution in [0.2, 0.25) is 0 Å². The van der Waals surface area contributed by atoms with Crippen LogP contribution in [0, 0.1) is 12.1 Å². The van der Waals surface area contributed by atoms with Crippen LogP contribution in [0.3, 0.4) is 0 Å². The van der Waals surface area contributed by atoms with E-state index in [1.54, 1.807) is 12.4 Å². The predicted octanol–water partition coefficient (Wildman–Crippen LogP) is 7.24. The van der Waals surface area contributed by atoms with Gasteiger partial charge in [0.2, 0.25) is 0 Å².